The zero-order valence-corrected chi connectivity index (χ0v) is 10.2. The first-order valence-corrected chi connectivity index (χ1v) is 5.72. The van der Waals surface area contributed by atoms with Gasteiger partial charge in [-0.05, 0) is 12.8 Å². The summed E-state index contributed by atoms with van der Waals surface area (Å²) in [5.74, 6) is -0.242. The molecule has 0 spiro atoms. The maximum Gasteiger partial charge on any atom is 0.233 e. The van der Waals surface area contributed by atoms with Crippen LogP contribution < -0.4 is 16.4 Å². The third kappa shape index (κ3) is 2.49. The Labute approximate surface area is 100 Å². The molecule has 0 saturated heterocycles. The molecule has 0 aromatic rings. The number of hydrogen-bond donors (Lipinski definition) is 3. The molecular formula is C10H17N3O2S. The lowest BCUT2D eigenvalue weighted by Crippen LogP contribution is -2.53. The van der Waals surface area contributed by atoms with Crippen molar-refractivity contribution in [1.82, 2.24) is 10.6 Å². The van der Waals surface area contributed by atoms with Gasteiger partial charge in [-0.25, -0.2) is 0 Å². The van der Waals surface area contributed by atoms with Crippen molar-refractivity contribution in [3.63, 3.8) is 0 Å². The van der Waals surface area contributed by atoms with Gasteiger partial charge in [0.1, 0.15) is 0 Å². The SMILES string of the molecule is CNC(=O)CCNC(=O)C1(C(N)=S)CCC1. The molecule has 0 heterocycles. The third-order valence-corrected chi connectivity index (χ3v) is 3.42. The smallest absolute Gasteiger partial charge is 0.233 e. The fraction of sp³-hybridized carbons (Fsp3) is 0.700. The van der Waals surface area contributed by atoms with Crippen LogP contribution in [0, 0.1) is 5.41 Å². The highest BCUT2D eigenvalue weighted by molar-refractivity contribution is 7.80. The second kappa shape index (κ2) is 5.25. The fourth-order valence-electron chi connectivity index (χ4n) is 1.70. The van der Waals surface area contributed by atoms with Crippen LogP contribution in [-0.4, -0.2) is 30.4 Å². The molecule has 0 bridgehead atoms. The molecule has 1 rings (SSSR count). The Morgan fingerprint density at radius 3 is 2.44 bits per heavy atom. The van der Waals surface area contributed by atoms with E-state index in [1.165, 1.54) is 0 Å². The number of thiocarbonyl (C=S) groups is 1. The highest BCUT2D eigenvalue weighted by Crippen LogP contribution is 2.41. The van der Waals surface area contributed by atoms with Crippen LogP contribution >= 0.6 is 12.2 Å². The number of hydrogen-bond acceptors (Lipinski definition) is 3. The van der Waals surface area contributed by atoms with Crippen LogP contribution in [0.4, 0.5) is 0 Å². The van der Waals surface area contributed by atoms with Crippen LogP contribution in [0.25, 0.3) is 0 Å². The number of nitrogens with one attached hydrogen (secondary N) is 2. The maximum absolute atomic E-state index is 11.8. The topological polar surface area (TPSA) is 84.2 Å². The number of carbonyl (C=O) groups is 2. The van der Waals surface area contributed by atoms with E-state index in [0.29, 0.717) is 19.4 Å². The molecule has 0 aliphatic heterocycles. The quantitative estimate of drug-likeness (QED) is 0.579. The zero-order chi connectivity index (χ0) is 12.2. The molecule has 16 heavy (non-hydrogen) atoms. The van der Waals surface area contributed by atoms with E-state index in [1.54, 1.807) is 7.05 Å². The van der Waals surface area contributed by atoms with Gasteiger partial charge in [0, 0.05) is 20.0 Å². The highest BCUT2D eigenvalue weighted by atomic mass is 32.1. The average Bonchev–Trinajstić information content (AvgIpc) is 2.15. The summed E-state index contributed by atoms with van der Waals surface area (Å²) >= 11 is 4.92. The molecule has 1 saturated carbocycles. The first kappa shape index (κ1) is 12.9. The number of amides is 2. The molecule has 1 aliphatic carbocycles. The molecule has 0 aromatic carbocycles. The Hall–Kier alpha value is -1.17. The van der Waals surface area contributed by atoms with E-state index in [1.807, 2.05) is 0 Å². The summed E-state index contributed by atoms with van der Waals surface area (Å²) in [4.78, 5) is 23.1. The Morgan fingerprint density at radius 2 is 2.06 bits per heavy atom. The van der Waals surface area contributed by atoms with Crippen molar-refractivity contribution < 1.29 is 9.59 Å². The Balaban J connectivity index is 2.40. The van der Waals surface area contributed by atoms with Crippen LogP contribution in [0.2, 0.25) is 0 Å². The predicted molar refractivity (Wildman–Crippen MR) is 64.8 cm³/mol. The lowest BCUT2D eigenvalue weighted by molar-refractivity contribution is -0.130. The second-order valence-electron chi connectivity index (χ2n) is 3.98. The number of nitrogens with two attached hydrogens (primary N) is 1. The van der Waals surface area contributed by atoms with Gasteiger partial charge in [0.2, 0.25) is 11.8 Å². The van der Waals surface area contributed by atoms with Crippen molar-refractivity contribution in [1.29, 1.82) is 0 Å². The summed E-state index contributed by atoms with van der Waals surface area (Å²) in [5.41, 5.74) is 4.93. The number of carbonyl (C=O) groups excluding carboxylic acids is 2. The van der Waals surface area contributed by atoms with Gasteiger partial charge in [-0.1, -0.05) is 18.6 Å². The van der Waals surface area contributed by atoms with Crippen molar-refractivity contribution in [2.24, 2.45) is 11.1 Å². The normalized spacial score (nSPS) is 17.1. The monoisotopic (exact) mass is 243 g/mol. The minimum absolute atomic E-state index is 0.0988. The van der Waals surface area contributed by atoms with Gasteiger partial charge in [0.05, 0.1) is 10.4 Å². The molecule has 4 N–H and O–H groups in total. The second-order valence-corrected chi connectivity index (χ2v) is 4.42. The van der Waals surface area contributed by atoms with Crippen LogP contribution in [0.3, 0.4) is 0 Å². The molecule has 0 atom stereocenters. The standard InChI is InChI=1S/C10H17N3O2S/c1-12-7(14)3-6-13-9(15)10(8(11)16)4-2-5-10/h2-6H2,1H3,(H2,11,16)(H,12,14)(H,13,15). The van der Waals surface area contributed by atoms with Crippen molar-refractivity contribution in [3.05, 3.63) is 0 Å². The van der Waals surface area contributed by atoms with E-state index >= 15 is 0 Å². The van der Waals surface area contributed by atoms with Gasteiger partial charge in [-0.15, -0.1) is 0 Å². The highest BCUT2D eigenvalue weighted by Gasteiger charge is 2.46. The summed E-state index contributed by atoms with van der Waals surface area (Å²) in [5, 5.41) is 5.19. The maximum atomic E-state index is 11.8. The van der Waals surface area contributed by atoms with E-state index in [-0.39, 0.29) is 23.2 Å². The van der Waals surface area contributed by atoms with E-state index in [0.717, 1.165) is 6.42 Å². The van der Waals surface area contributed by atoms with Gasteiger partial charge < -0.3 is 16.4 Å². The average molecular weight is 243 g/mol. The number of rotatable bonds is 5. The molecule has 90 valence electrons. The van der Waals surface area contributed by atoms with Crippen LogP contribution in [0.5, 0.6) is 0 Å². The van der Waals surface area contributed by atoms with Crippen LogP contribution in [0.1, 0.15) is 25.7 Å². The minimum atomic E-state index is -0.655. The summed E-state index contributed by atoms with van der Waals surface area (Å²) in [6.45, 7) is 0.322. The van der Waals surface area contributed by atoms with E-state index in [4.69, 9.17) is 18.0 Å². The first-order chi connectivity index (χ1) is 7.53. The van der Waals surface area contributed by atoms with Crippen molar-refractivity contribution >= 4 is 29.0 Å². The molecule has 0 radical (unpaired) electrons. The van der Waals surface area contributed by atoms with E-state index < -0.39 is 5.41 Å². The summed E-state index contributed by atoms with van der Waals surface area (Å²) in [6, 6.07) is 0. The molecule has 0 aromatic heterocycles. The predicted octanol–water partition coefficient (Wildman–Crippen LogP) is -0.305. The van der Waals surface area contributed by atoms with Gasteiger partial charge in [0.25, 0.3) is 0 Å². The molecule has 1 fully saturated rings. The molecular weight excluding hydrogens is 226 g/mol. The van der Waals surface area contributed by atoms with Crippen LogP contribution in [-0.2, 0) is 9.59 Å². The van der Waals surface area contributed by atoms with Gasteiger partial charge in [0.15, 0.2) is 0 Å². The van der Waals surface area contributed by atoms with Gasteiger partial charge in [-0.3, -0.25) is 9.59 Å². The van der Waals surface area contributed by atoms with Crippen molar-refractivity contribution in [3.8, 4) is 0 Å². The Morgan fingerprint density at radius 1 is 1.44 bits per heavy atom. The minimum Gasteiger partial charge on any atom is -0.392 e. The molecule has 2 amide bonds. The first-order valence-electron chi connectivity index (χ1n) is 5.32. The molecule has 6 heteroatoms. The fourth-order valence-corrected chi connectivity index (χ4v) is 2.00. The molecule has 0 unspecified atom stereocenters. The summed E-state index contributed by atoms with van der Waals surface area (Å²) in [7, 11) is 1.56. The van der Waals surface area contributed by atoms with Crippen molar-refractivity contribution in [2.75, 3.05) is 13.6 Å². The largest absolute Gasteiger partial charge is 0.392 e. The zero-order valence-electron chi connectivity index (χ0n) is 9.34. The molecule has 5 nitrogen and oxygen atoms in total. The summed E-state index contributed by atoms with van der Waals surface area (Å²) < 4.78 is 0. The Bertz CT molecular complexity index is 313. The van der Waals surface area contributed by atoms with E-state index in [2.05, 4.69) is 10.6 Å². The van der Waals surface area contributed by atoms with Crippen molar-refractivity contribution in [2.45, 2.75) is 25.7 Å². The lowest BCUT2D eigenvalue weighted by Gasteiger charge is -2.39. The van der Waals surface area contributed by atoms with Crippen LogP contribution in [0.15, 0.2) is 0 Å². The third-order valence-electron chi connectivity index (χ3n) is 3.03. The van der Waals surface area contributed by atoms with E-state index in [9.17, 15) is 9.59 Å². The lowest BCUT2D eigenvalue weighted by atomic mass is 9.68. The molecule has 1 aliphatic rings. The van der Waals surface area contributed by atoms with Gasteiger partial charge in [-0.2, -0.15) is 0 Å². The summed E-state index contributed by atoms with van der Waals surface area (Å²) in [6.07, 6.45) is 2.68. The van der Waals surface area contributed by atoms with Gasteiger partial charge >= 0.3 is 0 Å². The Kier molecular flexibility index (Phi) is 4.23.